The highest BCUT2D eigenvalue weighted by atomic mass is 16.5. The fraction of sp³-hybridized carbons (Fsp3) is 0.269. The fourth-order valence-corrected chi connectivity index (χ4v) is 4.01. The van der Waals surface area contributed by atoms with Gasteiger partial charge in [-0.25, -0.2) is 0 Å². The van der Waals surface area contributed by atoms with Crippen molar-refractivity contribution in [3.8, 4) is 5.75 Å². The maximum Gasteiger partial charge on any atom is 0.158 e. The van der Waals surface area contributed by atoms with Crippen LogP contribution in [0.5, 0.6) is 5.75 Å². The third-order valence-corrected chi connectivity index (χ3v) is 5.52. The van der Waals surface area contributed by atoms with Gasteiger partial charge in [0.25, 0.3) is 0 Å². The molecule has 2 aromatic carbocycles. The quantitative estimate of drug-likeness (QED) is 0.471. The number of aliphatic hydroxyl groups excluding tert-OH is 1. The van der Waals surface area contributed by atoms with Crippen molar-refractivity contribution in [2.45, 2.75) is 37.7 Å². The molecule has 3 heteroatoms. The van der Waals surface area contributed by atoms with Gasteiger partial charge < -0.3 is 9.84 Å². The molecular weight excluding hydrogens is 360 g/mol. The molecule has 0 saturated carbocycles. The highest BCUT2D eigenvalue weighted by Gasteiger charge is 2.33. The number of carbonyl (C=O) groups is 1. The number of carbonyl (C=O) groups excluding carboxylic acids is 1. The molecule has 1 aliphatic rings. The van der Waals surface area contributed by atoms with Gasteiger partial charge in [0.15, 0.2) is 5.78 Å². The predicted molar refractivity (Wildman–Crippen MR) is 118 cm³/mol. The standard InChI is InChI=1S/C26H28O3/c1-4-10-22-20-12-6-7-13-21(20)23(26(22)28)14-9-15-24(27)18(2)17-19-11-5-8-16-25(19)29-3/h4-8,11-14,16,22,26,28H,1-2,9-10,15,17H2,3H3/b23-14-. The van der Waals surface area contributed by atoms with E-state index < -0.39 is 6.10 Å². The van der Waals surface area contributed by atoms with Gasteiger partial charge in [-0.1, -0.05) is 61.2 Å². The Morgan fingerprint density at radius 2 is 1.90 bits per heavy atom. The maximum absolute atomic E-state index is 12.6. The molecule has 0 bridgehead atoms. The van der Waals surface area contributed by atoms with Gasteiger partial charge in [-0.15, -0.1) is 6.58 Å². The lowest BCUT2D eigenvalue weighted by atomic mass is 9.95. The SMILES string of the molecule is C=CCC1c2ccccc2/C(=C/CCC(=O)C(=C)Cc2ccccc2OC)C1O. The normalized spacial score (nSPS) is 19.0. The van der Waals surface area contributed by atoms with E-state index in [0.29, 0.717) is 24.8 Å². The van der Waals surface area contributed by atoms with Gasteiger partial charge in [-0.2, -0.15) is 0 Å². The number of Topliss-reactive ketones (excluding diaryl/α,β-unsaturated/α-hetero) is 1. The molecule has 3 nitrogen and oxygen atoms in total. The van der Waals surface area contributed by atoms with E-state index in [4.69, 9.17) is 4.74 Å². The molecule has 3 rings (SSSR count). The summed E-state index contributed by atoms with van der Waals surface area (Å²) in [5, 5.41) is 10.8. The van der Waals surface area contributed by atoms with Crippen LogP contribution in [0.2, 0.25) is 0 Å². The zero-order valence-corrected chi connectivity index (χ0v) is 16.9. The summed E-state index contributed by atoms with van der Waals surface area (Å²) in [4.78, 5) is 12.6. The Labute approximate surface area is 173 Å². The third-order valence-electron chi connectivity index (χ3n) is 5.52. The molecule has 1 aliphatic carbocycles. The van der Waals surface area contributed by atoms with E-state index in [0.717, 1.165) is 34.4 Å². The summed E-state index contributed by atoms with van der Waals surface area (Å²) in [6.45, 7) is 7.79. The van der Waals surface area contributed by atoms with Gasteiger partial charge in [0, 0.05) is 18.8 Å². The van der Waals surface area contributed by atoms with Crippen molar-refractivity contribution in [2.24, 2.45) is 0 Å². The second-order valence-corrected chi connectivity index (χ2v) is 7.38. The molecule has 2 atom stereocenters. The van der Waals surface area contributed by atoms with E-state index >= 15 is 0 Å². The molecule has 150 valence electrons. The van der Waals surface area contributed by atoms with Crippen LogP contribution in [0.4, 0.5) is 0 Å². The average molecular weight is 389 g/mol. The molecule has 2 unspecified atom stereocenters. The van der Waals surface area contributed by atoms with E-state index in [1.165, 1.54) is 0 Å². The van der Waals surface area contributed by atoms with E-state index in [2.05, 4.69) is 19.2 Å². The lowest BCUT2D eigenvalue weighted by Gasteiger charge is -2.14. The summed E-state index contributed by atoms with van der Waals surface area (Å²) < 4.78 is 5.35. The Kier molecular flexibility index (Phi) is 6.84. The molecule has 0 aliphatic heterocycles. The van der Waals surface area contributed by atoms with Crippen LogP contribution in [0.3, 0.4) is 0 Å². The Hall–Kier alpha value is -2.91. The van der Waals surface area contributed by atoms with Gasteiger partial charge in [0.2, 0.25) is 0 Å². The topological polar surface area (TPSA) is 46.5 Å². The fourth-order valence-electron chi connectivity index (χ4n) is 4.01. The van der Waals surface area contributed by atoms with Crippen LogP contribution in [0.15, 0.2) is 79.4 Å². The van der Waals surface area contributed by atoms with Gasteiger partial charge in [-0.3, -0.25) is 4.79 Å². The Bertz CT molecular complexity index is 938. The van der Waals surface area contributed by atoms with E-state index in [-0.39, 0.29) is 11.7 Å². The number of allylic oxidation sites excluding steroid dienone is 3. The Morgan fingerprint density at radius 1 is 1.17 bits per heavy atom. The van der Waals surface area contributed by atoms with Crippen LogP contribution >= 0.6 is 0 Å². The number of hydrogen-bond acceptors (Lipinski definition) is 3. The second-order valence-electron chi connectivity index (χ2n) is 7.38. The minimum atomic E-state index is -0.558. The van der Waals surface area contributed by atoms with Crippen molar-refractivity contribution < 1.29 is 14.6 Å². The summed E-state index contributed by atoms with van der Waals surface area (Å²) in [6.07, 6.45) is 5.44. The zero-order chi connectivity index (χ0) is 20.8. The van der Waals surface area contributed by atoms with Crippen LogP contribution in [-0.4, -0.2) is 24.1 Å². The van der Waals surface area contributed by atoms with Crippen molar-refractivity contribution in [2.75, 3.05) is 7.11 Å². The first-order chi connectivity index (χ1) is 14.1. The first-order valence-corrected chi connectivity index (χ1v) is 9.98. The van der Waals surface area contributed by atoms with Crippen LogP contribution in [0.25, 0.3) is 5.57 Å². The number of methoxy groups -OCH3 is 1. The van der Waals surface area contributed by atoms with Crippen molar-refractivity contribution in [3.63, 3.8) is 0 Å². The van der Waals surface area contributed by atoms with Crippen molar-refractivity contribution in [1.82, 2.24) is 0 Å². The number of para-hydroxylation sites is 1. The zero-order valence-electron chi connectivity index (χ0n) is 16.9. The summed E-state index contributed by atoms with van der Waals surface area (Å²) in [6, 6.07) is 15.7. The molecule has 0 saturated heterocycles. The summed E-state index contributed by atoms with van der Waals surface area (Å²) in [5.74, 6) is 0.838. The highest BCUT2D eigenvalue weighted by molar-refractivity contribution is 5.95. The number of aliphatic hydroxyl groups is 1. The van der Waals surface area contributed by atoms with Crippen molar-refractivity contribution in [3.05, 3.63) is 96.1 Å². The third kappa shape index (κ3) is 4.57. The molecule has 0 fully saturated rings. The maximum atomic E-state index is 12.6. The smallest absolute Gasteiger partial charge is 0.158 e. The molecule has 2 aromatic rings. The van der Waals surface area contributed by atoms with Gasteiger partial charge in [-0.05, 0) is 46.7 Å². The summed E-state index contributed by atoms with van der Waals surface area (Å²) in [7, 11) is 1.62. The van der Waals surface area contributed by atoms with E-state index in [9.17, 15) is 9.90 Å². The number of ketones is 1. The molecule has 0 heterocycles. The minimum Gasteiger partial charge on any atom is -0.496 e. The molecular formula is C26H28O3. The lowest BCUT2D eigenvalue weighted by molar-refractivity contribution is -0.115. The summed E-state index contributed by atoms with van der Waals surface area (Å²) >= 11 is 0. The number of benzene rings is 2. The van der Waals surface area contributed by atoms with E-state index in [1.54, 1.807) is 7.11 Å². The first-order valence-electron chi connectivity index (χ1n) is 9.98. The molecule has 0 radical (unpaired) electrons. The van der Waals surface area contributed by atoms with Crippen LogP contribution in [0, 0.1) is 0 Å². The average Bonchev–Trinajstić information content (AvgIpc) is 3.00. The van der Waals surface area contributed by atoms with Gasteiger partial charge in [0.1, 0.15) is 5.75 Å². The number of hydrogen-bond donors (Lipinski definition) is 1. The minimum absolute atomic E-state index is 0.0335. The molecule has 0 aromatic heterocycles. The largest absolute Gasteiger partial charge is 0.496 e. The molecule has 0 spiro atoms. The number of ether oxygens (including phenoxy) is 1. The molecule has 29 heavy (non-hydrogen) atoms. The van der Waals surface area contributed by atoms with Crippen LogP contribution in [0.1, 0.15) is 41.9 Å². The van der Waals surface area contributed by atoms with E-state index in [1.807, 2.05) is 54.6 Å². The number of fused-ring (bicyclic) bond motifs is 1. The van der Waals surface area contributed by atoms with Crippen LogP contribution < -0.4 is 4.74 Å². The molecule has 1 N–H and O–H groups in total. The van der Waals surface area contributed by atoms with Crippen molar-refractivity contribution in [1.29, 1.82) is 0 Å². The Balaban J connectivity index is 1.65. The Morgan fingerprint density at radius 3 is 2.66 bits per heavy atom. The van der Waals surface area contributed by atoms with Gasteiger partial charge in [0.05, 0.1) is 13.2 Å². The lowest BCUT2D eigenvalue weighted by Crippen LogP contribution is -2.12. The first kappa shape index (κ1) is 20.8. The number of rotatable bonds is 9. The summed E-state index contributed by atoms with van der Waals surface area (Å²) in [5.41, 5.74) is 4.67. The predicted octanol–water partition coefficient (Wildman–Crippen LogP) is 5.26. The molecule has 0 amide bonds. The monoisotopic (exact) mass is 388 g/mol. The van der Waals surface area contributed by atoms with Crippen molar-refractivity contribution >= 4 is 11.4 Å². The second kappa shape index (κ2) is 9.53. The van der Waals surface area contributed by atoms with Gasteiger partial charge >= 0.3 is 0 Å². The van der Waals surface area contributed by atoms with Crippen LogP contribution in [-0.2, 0) is 11.2 Å². The highest BCUT2D eigenvalue weighted by Crippen LogP contribution is 2.43.